The van der Waals surface area contributed by atoms with Gasteiger partial charge in [0.05, 0.1) is 5.60 Å². The third-order valence-corrected chi connectivity index (χ3v) is 4.58. The van der Waals surface area contributed by atoms with E-state index < -0.39 is 0 Å². The summed E-state index contributed by atoms with van der Waals surface area (Å²) in [6.45, 7) is 9.19. The molecule has 1 fully saturated rings. The largest absolute Gasteiger partial charge is 0.390 e. The van der Waals surface area contributed by atoms with Crippen molar-refractivity contribution in [2.24, 2.45) is 17.8 Å². The van der Waals surface area contributed by atoms with Gasteiger partial charge in [-0.15, -0.1) is 0 Å². The minimum atomic E-state index is -0.317. The quantitative estimate of drug-likeness (QED) is 0.662. The van der Waals surface area contributed by atoms with Gasteiger partial charge in [-0.25, -0.2) is 0 Å². The Morgan fingerprint density at radius 1 is 1.06 bits per heavy atom. The summed E-state index contributed by atoms with van der Waals surface area (Å²) in [6, 6.07) is 0. The van der Waals surface area contributed by atoms with Crippen LogP contribution in [0.2, 0.25) is 0 Å². The van der Waals surface area contributed by atoms with Crippen molar-refractivity contribution in [1.82, 2.24) is 0 Å². The Morgan fingerprint density at radius 2 is 1.65 bits per heavy atom. The summed E-state index contributed by atoms with van der Waals surface area (Å²) in [7, 11) is 0. The van der Waals surface area contributed by atoms with Crippen molar-refractivity contribution in [3.05, 3.63) is 0 Å². The van der Waals surface area contributed by atoms with E-state index in [9.17, 15) is 5.11 Å². The lowest BCUT2D eigenvalue weighted by Crippen LogP contribution is -2.35. The molecule has 0 radical (unpaired) electrons. The third-order valence-electron chi connectivity index (χ3n) is 4.58. The fraction of sp³-hybridized carbons (Fsp3) is 1.00. The summed E-state index contributed by atoms with van der Waals surface area (Å²) < 4.78 is 0. The van der Waals surface area contributed by atoms with E-state index in [0.29, 0.717) is 0 Å². The van der Waals surface area contributed by atoms with Gasteiger partial charge in [-0.2, -0.15) is 0 Å². The summed E-state index contributed by atoms with van der Waals surface area (Å²) in [5.41, 5.74) is -0.317. The molecule has 1 nitrogen and oxygen atoms in total. The molecule has 1 saturated carbocycles. The standard InChI is InChI=1S/C16H32O/c1-13(2)7-5-6-10-16(17)11-8-15(9-12-16)14(3)4/h13-15,17H,5-12H2,1-4H3. The van der Waals surface area contributed by atoms with Gasteiger partial charge in [0.2, 0.25) is 0 Å². The molecule has 1 aliphatic rings. The van der Waals surface area contributed by atoms with Crippen LogP contribution in [0, 0.1) is 17.8 Å². The Labute approximate surface area is 108 Å². The second-order valence-corrected chi connectivity index (χ2v) is 6.95. The van der Waals surface area contributed by atoms with Gasteiger partial charge in [0, 0.05) is 0 Å². The number of aliphatic hydroxyl groups is 1. The predicted octanol–water partition coefficient (Wildman–Crippen LogP) is 4.78. The van der Waals surface area contributed by atoms with Crippen molar-refractivity contribution in [2.45, 2.75) is 84.7 Å². The monoisotopic (exact) mass is 240 g/mol. The van der Waals surface area contributed by atoms with Gasteiger partial charge in [-0.05, 0) is 49.9 Å². The first-order chi connectivity index (χ1) is 7.93. The average molecular weight is 240 g/mol. The zero-order valence-electron chi connectivity index (χ0n) is 12.3. The molecule has 0 aromatic rings. The van der Waals surface area contributed by atoms with Crippen molar-refractivity contribution in [1.29, 1.82) is 0 Å². The Morgan fingerprint density at radius 3 is 2.12 bits per heavy atom. The fourth-order valence-electron chi connectivity index (χ4n) is 3.10. The minimum absolute atomic E-state index is 0.317. The van der Waals surface area contributed by atoms with Crippen LogP contribution in [0.5, 0.6) is 0 Å². The number of hydrogen-bond acceptors (Lipinski definition) is 1. The van der Waals surface area contributed by atoms with Crippen LogP contribution in [0.15, 0.2) is 0 Å². The normalized spacial score (nSPS) is 30.2. The molecule has 0 heterocycles. The molecule has 1 heteroatoms. The van der Waals surface area contributed by atoms with Crippen LogP contribution in [0.25, 0.3) is 0 Å². The second kappa shape index (κ2) is 6.78. The topological polar surface area (TPSA) is 20.2 Å². The molecular formula is C16H32O. The van der Waals surface area contributed by atoms with Crippen molar-refractivity contribution >= 4 is 0 Å². The van der Waals surface area contributed by atoms with Gasteiger partial charge >= 0.3 is 0 Å². The molecule has 102 valence electrons. The molecule has 17 heavy (non-hydrogen) atoms. The molecule has 0 amide bonds. The highest BCUT2D eigenvalue weighted by atomic mass is 16.3. The van der Waals surface area contributed by atoms with Crippen LogP contribution in [0.1, 0.15) is 79.1 Å². The van der Waals surface area contributed by atoms with Crippen LogP contribution in [0.3, 0.4) is 0 Å². The summed E-state index contributed by atoms with van der Waals surface area (Å²) in [5.74, 6) is 2.45. The molecule has 0 aliphatic heterocycles. The lowest BCUT2D eigenvalue weighted by molar-refractivity contribution is -0.0239. The van der Waals surface area contributed by atoms with Gasteiger partial charge in [-0.1, -0.05) is 47.0 Å². The molecule has 0 atom stereocenters. The maximum absolute atomic E-state index is 10.5. The van der Waals surface area contributed by atoms with Crippen molar-refractivity contribution in [2.75, 3.05) is 0 Å². The first-order valence-electron chi connectivity index (χ1n) is 7.65. The van der Waals surface area contributed by atoms with Gasteiger partial charge in [0.1, 0.15) is 0 Å². The van der Waals surface area contributed by atoms with Gasteiger partial charge in [0.25, 0.3) is 0 Å². The molecule has 0 saturated heterocycles. The number of rotatable bonds is 6. The van der Waals surface area contributed by atoms with E-state index >= 15 is 0 Å². The Balaban J connectivity index is 2.20. The van der Waals surface area contributed by atoms with Gasteiger partial charge in [0.15, 0.2) is 0 Å². The van der Waals surface area contributed by atoms with E-state index in [1.807, 2.05) is 0 Å². The maximum Gasteiger partial charge on any atom is 0.0648 e. The van der Waals surface area contributed by atoms with Crippen LogP contribution in [-0.4, -0.2) is 10.7 Å². The van der Waals surface area contributed by atoms with E-state index in [-0.39, 0.29) is 5.60 Å². The molecular weight excluding hydrogens is 208 g/mol. The van der Waals surface area contributed by atoms with Crippen LogP contribution < -0.4 is 0 Å². The lowest BCUT2D eigenvalue weighted by Gasteiger charge is -2.37. The molecule has 1 rings (SSSR count). The summed E-state index contributed by atoms with van der Waals surface area (Å²) in [4.78, 5) is 0. The Bertz CT molecular complexity index is 200. The first-order valence-corrected chi connectivity index (χ1v) is 7.65. The van der Waals surface area contributed by atoms with Crippen molar-refractivity contribution in [3.8, 4) is 0 Å². The van der Waals surface area contributed by atoms with E-state index in [1.54, 1.807) is 0 Å². The smallest absolute Gasteiger partial charge is 0.0648 e. The second-order valence-electron chi connectivity index (χ2n) is 6.95. The van der Waals surface area contributed by atoms with Crippen LogP contribution in [-0.2, 0) is 0 Å². The maximum atomic E-state index is 10.5. The third kappa shape index (κ3) is 5.42. The van der Waals surface area contributed by atoms with Crippen molar-refractivity contribution < 1.29 is 5.11 Å². The fourth-order valence-corrected chi connectivity index (χ4v) is 3.10. The number of hydrogen-bond donors (Lipinski definition) is 1. The Hall–Kier alpha value is -0.0400. The van der Waals surface area contributed by atoms with E-state index in [4.69, 9.17) is 0 Å². The molecule has 1 aliphatic carbocycles. The van der Waals surface area contributed by atoms with E-state index in [2.05, 4.69) is 27.7 Å². The van der Waals surface area contributed by atoms with Crippen LogP contribution >= 0.6 is 0 Å². The van der Waals surface area contributed by atoms with Crippen molar-refractivity contribution in [3.63, 3.8) is 0 Å². The van der Waals surface area contributed by atoms with Gasteiger partial charge in [-0.3, -0.25) is 0 Å². The van der Waals surface area contributed by atoms with Gasteiger partial charge < -0.3 is 5.11 Å². The first kappa shape index (κ1) is 15.0. The zero-order valence-corrected chi connectivity index (χ0v) is 12.3. The lowest BCUT2D eigenvalue weighted by atomic mass is 9.73. The highest BCUT2D eigenvalue weighted by Gasteiger charge is 2.33. The molecule has 0 spiro atoms. The minimum Gasteiger partial charge on any atom is -0.390 e. The number of unbranched alkanes of at least 4 members (excludes halogenated alkanes) is 1. The summed E-state index contributed by atoms with van der Waals surface area (Å²) in [6.07, 6.45) is 9.38. The summed E-state index contributed by atoms with van der Waals surface area (Å²) in [5, 5.41) is 10.5. The highest BCUT2D eigenvalue weighted by Crippen LogP contribution is 2.38. The average Bonchev–Trinajstić information content (AvgIpc) is 2.25. The summed E-state index contributed by atoms with van der Waals surface area (Å²) >= 11 is 0. The molecule has 0 aromatic carbocycles. The predicted molar refractivity (Wildman–Crippen MR) is 75.1 cm³/mol. The van der Waals surface area contributed by atoms with Crippen LogP contribution in [0.4, 0.5) is 0 Å². The van der Waals surface area contributed by atoms with E-state index in [1.165, 1.54) is 32.1 Å². The zero-order chi connectivity index (χ0) is 12.9. The SMILES string of the molecule is CC(C)CCCCC1(O)CCC(C(C)C)CC1. The molecule has 1 N–H and O–H groups in total. The Kier molecular flexibility index (Phi) is 5.99. The van der Waals surface area contributed by atoms with E-state index in [0.717, 1.165) is 37.0 Å². The molecule has 0 aromatic heterocycles. The molecule has 0 bridgehead atoms. The highest BCUT2D eigenvalue weighted by molar-refractivity contribution is 4.86. The molecule has 0 unspecified atom stereocenters.